The third kappa shape index (κ3) is 1.73. The predicted molar refractivity (Wildman–Crippen MR) is 82.0 cm³/mol. The smallest absolute Gasteiger partial charge is 0.116 e. The Bertz CT molecular complexity index is 930. The molecule has 1 heterocycles. The van der Waals surface area contributed by atoms with Crippen molar-refractivity contribution in [2.45, 2.75) is 0 Å². The molecule has 96 valence electrons. The Morgan fingerprint density at radius 1 is 0.850 bits per heavy atom. The highest BCUT2D eigenvalue weighted by molar-refractivity contribution is 7.00. The SMILES string of the molecule is Oc1ccc2cc(-c3cccc4nsnc34)ccc2c1. The Hall–Kier alpha value is -2.46. The average Bonchev–Trinajstić information content (AvgIpc) is 2.95. The Labute approximate surface area is 119 Å². The van der Waals surface area contributed by atoms with E-state index in [9.17, 15) is 5.11 Å². The van der Waals surface area contributed by atoms with Gasteiger partial charge >= 0.3 is 0 Å². The molecule has 0 aliphatic carbocycles. The molecular weight excluding hydrogens is 268 g/mol. The minimum Gasteiger partial charge on any atom is -0.508 e. The summed E-state index contributed by atoms with van der Waals surface area (Å²) in [5.74, 6) is 0.288. The number of hydrogen-bond donors (Lipinski definition) is 1. The second-order valence-electron chi connectivity index (χ2n) is 4.68. The molecule has 0 saturated carbocycles. The maximum atomic E-state index is 9.51. The molecule has 20 heavy (non-hydrogen) atoms. The molecule has 0 saturated heterocycles. The minimum absolute atomic E-state index is 0.288. The zero-order valence-corrected chi connectivity index (χ0v) is 11.3. The van der Waals surface area contributed by atoms with Gasteiger partial charge in [-0.25, -0.2) is 0 Å². The Morgan fingerprint density at radius 2 is 1.70 bits per heavy atom. The van der Waals surface area contributed by atoms with Gasteiger partial charge in [-0.2, -0.15) is 8.75 Å². The van der Waals surface area contributed by atoms with E-state index in [4.69, 9.17) is 0 Å². The monoisotopic (exact) mass is 278 g/mol. The molecule has 3 nitrogen and oxygen atoms in total. The molecule has 0 aliphatic rings. The molecule has 0 spiro atoms. The number of fused-ring (bicyclic) bond motifs is 2. The average molecular weight is 278 g/mol. The summed E-state index contributed by atoms with van der Waals surface area (Å²) in [7, 11) is 0. The summed E-state index contributed by atoms with van der Waals surface area (Å²) in [4.78, 5) is 0. The largest absolute Gasteiger partial charge is 0.508 e. The molecule has 1 N–H and O–H groups in total. The zero-order chi connectivity index (χ0) is 13.5. The topological polar surface area (TPSA) is 46.0 Å². The fraction of sp³-hybridized carbons (Fsp3) is 0. The molecule has 0 aliphatic heterocycles. The summed E-state index contributed by atoms with van der Waals surface area (Å²) in [5, 5.41) is 11.6. The van der Waals surface area contributed by atoms with Crippen LogP contribution in [-0.4, -0.2) is 13.9 Å². The van der Waals surface area contributed by atoms with E-state index in [1.54, 1.807) is 12.1 Å². The van der Waals surface area contributed by atoms with Crippen LogP contribution in [0.4, 0.5) is 0 Å². The van der Waals surface area contributed by atoms with Gasteiger partial charge in [-0.3, -0.25) is 0 Å². The second kappa shape index (κ2) is 4.28. The van der Waals surface area contributed by atoms with Crippen molar-refractivity contribution in [3.05, 3.63) is 54.6 Å². The highest BCUT2D eigenvalue weighted by Gasteiger charge is 2.07. The van der Waals surface area contributed by atoms with Gasteiger partial charge in [-0.15, -0.1) is 0 Å². The van der Waals surface area contributed by atoms with Gasteiger partial charge < -0.3 is 5.11 Å². The normalized spacial score (nSPS) is 11.2. The summed E-state index contributed by atoms with van der Waals surface area (Å²) in [6.45, 7) is 0. The van der Waals surface area contributed by atoms with Gasteiger partial charge in [-0.05, 0) is 40.6 Å². The van der Waals surface area contributed by atoms with E-state index in [-0.39, 0.29) is 5.75 Å². The number of aromatic nitrogens is 2. The van der Waals surface area contributed by atoms with E-state index >= 15 is 0 Å². The van der Waals surface area contributed by atoms with Crippen LogP contribution in [0.2, 0.25) is 0 Å². The van der Waals surface area contributed by atoms with E-state index in [1.165, 1.54) is 11.7 Å². The molecule has 1 aromatic heterocycles. The van der Waals surface area contributed by atoms with Crippen molar-refractivity contribution in [1.82, 2.24) is 8.75 Å². The summed E-state index contributed by atoms with van der Waals surface area (Å²) >= 11 is 1.23. The first-order valence-electron chi connectivity index (χ1n) is 6.26. The maximum Gasteiger partial charge on any atom is 0.116 e. The summed E-state index contributed by atoms with van der Waals surface area (Å²) in [5.41, 5.74) is 4.07. The fourth-order valence-electron chi connectivity index (χ4n) is 2.44. The quantitative estimate of drug-likeness (QED) is 0.567. The van der Waals surface area contributed by atoms with Crippen molar-refractivity contribution in [2.24, 2.45) is 0 Å². The number of benzene rings is 3. The minimum atomic E-state index is 0.288. The number of nitrogens with zero attached hydrogens (tertiary/aromatic N) is 2. The number of phenolic OH excluding ortho intramolecular Hbond substituents is 1. The van der Waals surface area contributed by atoms with E-state index in [2.05, 4.69) is 26.9 Å². The highest BCUT2D eigenvalue weighted by Crippen LogP contribution is 2.30. The molecule has 4 aromatic rings. The van der Waals surface area contributed by atoms with E-state index in [0.29, 0.717) is 0 Å². The molecule has 0 atom stereocenters. The lowest BCUT2D eigenvalue weighted by Gasteiger charge is -2.05. The van der Waals surface area contributed by atoms with Crippen LogP contribution in [0.15, 0.2) is 54.6 Å². The van der Waals surface area contributed by atoms with Crippen LogP contribution in [0.3, 0.4) is 0 Å². The van der Waals surface area contributed by atoms with Crippen molar-refractivity contribution in [2.75, 3.05) is 0 Å². The van der Waals surface area contributed by atoms with Crippen molar-refractivity contribution in [1.29, 1.82) is 0 Å². The molecule has 0 radical (unpaired) electrons. The molecule has 0 amide bonds. The standard InChI is InChI=1S/C16H10N2OS/c19-13-7-6-10-8-12(5-4-11(10)9-13)14-2-1-3-15-16(14)18-20-17-15/h1-9,19H. The van der Waals surface area contributed by atoms with Gasteiger partial charge in [0.2, 0.25) is 0 Å². The van der Waals surface area contributed by atoms with Gasteiger partial charge in [0.05, 0.1) is 11.7 Å². The van der Waals surface area contributed by atoms with Crippen molar-refractivity contribution >= 4 is 33.5 Å². The van der Waals surface area contributed by atoms with E-state index < -0.39 is 0 Å². The van der Waals surface area contributed by atoms with Crippen LogP contribution in [0, 0.1) is 0 Å². The predicted octanol–water partition coefficient (Wildman–Crippen LogP) is 4.22. The third-order valence-electron chi connectivity index (χ3n) is 3.42. The van der Waals surface area contributed by atoms with Crippen LogP contribution in [0.5, 0.6) is 5.75 Å². The van der Waals surface area contributed by atoms with Gasteiger partial charge in [-0.1, -0.05) is 30.3 Å². The van der Waals surface area contributed by atoms with Gasteiger partial charge in [0.25, 0.3) is 0 Å². The zero-order valence-electron chi connectivity index (χ0n) is 10.4. The third-order valence-corrected chi connectivity index (χ3v) is 3.96. The maximum absolute atomic E-state index is 9.51. The van der Waals surface area contributed by atoms with E-state index in [1.807, 2.05) is 24.3 Å². The molecule has 0 fully saturated rings. The Morgan fingerprint density at radius 3 is 2.65 bits per heavy atom. The van der Waals surface area contributed by atoms with Crippen LogP contribution in [-0.2, 0) is 0 Å². The molecule has 0 bridgehead atoms. The van der Waals surface area contributed by atoms with Crippen LogP contribution < -0.4 is 0 Å². The Kier molecular flexibility index (Phi) is 2.44. The van der Waals surface area contributed by atoms with Gasteiger partial charge in [0.1, 0.15) is 16.8 Å². The molecule has 0 unspecified atom stereocenters. The summed E-state index contributed by atoms with van der Waals surface area (Å²) < 4.78 is 8.66. The van der Waals surface area contributed by atoms with Crippen LogP contribution in [0.1, 0.15) is 0 Å². The molecule has 3 aromatic carbocycles. The van der Waals surface area contributed by atoms with E-state index in [0.717, 1.165) is 32.9 Å². The number of rotatable bonds is 1. The number of aromatic hydroxyl groups is 1. The lowest BCUT2D eigenvalue weighted by atomic mass is 10.00. The summed E-state index contributed by atoms with van der Waals surface area (Å²) in [6.07, 6.45) is 0. The van der Waals surface area contributed by atoms with Crippen LogP contribution >= 0.6 is 11.7 Å². The molecule has 4 heteroatoms. The number of hydrogen-bond acceptors (Lipinski definition) is 4. The first-order valence-corrected chi connectivity index (χ1v) is 6.99. The lowest BCUT2D eigenvalue weighted by Crippen LogP contribution is -1.81. The van der Waals surface area contributed by atoms with Crippen molar-refractivity contribution in [3.8, 4) is 16.9 Å². The molecule has 4 rings (SSSR count). The van der Waals surface area contributed by atoms with Crippen LogP contribution in [0.25, 0.3) is 32.9 Å². The number of phenols is 1. The first-order chi connectivity index (χ1) is 9.81. The van der Waals surface area contributed by atoms with Gasteiger partial charge in [0.15, 0.2) is 0 Å². The lowest BCUT2D eigenvalue weighted by molar-refractivity contribution is 0.476. The summed E-state index contributed by atoms with van der Waals surface area (Å²) in [6, 6.07) is 17.6. The second-order valence-corrected chi connectivity index (χ2v) is 5.21. The fourth-order valence-corrected chi connectivity index (χ4v) is 2.99. The Balaban J connectivity index is 1.98. The van der Waals surface area contributed by atoms with Gasteiger partial charge in [0, 0.05) is 5.56 Å². The van der Waals surface area contributed by atoms with Crippen molar-refractivity contribution < 1.29 is 5.11 Å². The molecular formula is C16H10N2OS. The first kappa shape index (κ1) is 11.4. The highest BCUT2D eigenvalue weighted by atomic mass is 32.1. The van der Waals surface area contributed by atoms with Crippen molar-refractivity contribution in [3.63, 3.8) is 0 Å².